The molecule has 9 heteroatoms. The Morgan fingerprint density at radius 2 is 1.93 bits per heavy atom. The number of amides is 1. The van der Waals surface area contributed by atoms with Crippen LogP contribution in [0.4, 0.5) is 4.39 Å². The van der Waals surface area contributed by atoms with Gasteiger partial charge in [0, 0.05) is 24.7 Å². The number of thiophene rings is 1. The van der Waals surface area contributed by atoms with Crippen LogP contribution in [0.5, 0.6) is 0 Å². The molecule has 154 valence electrons. The molecule has 0 aliphatic rings. The number of halogens is 1. The summed E-state index contributed by atoms with van der Waals surface area (Å²) in [5, 5.41) is 3.41. The molecule has 0 atom stereocenters. The highest BCUT2D eigenvalue weighted by Gasteiger charge is 2.20. The minimum atomic E-state index is -0.519. The Labute approximate surface area is 174 Å². The predicted molar refractivity (Wildman–Crippen MR) is 114 cm³/mol. The van der Waals surface area contributed by atoms with Crippen molar-refractivity contribution in [3.05, 3.63) is 74.8 Å². The maximum Gasteiger partial charge on any atom is 0.332 e. The number of hydrogen-bond acceptors (Lipinski definition) is 5. The second-order valence-corrected chi connectivity index (χ2v) is 7.86. The number of hydrogen-bond donors (Lipinski definition) is 1. The van der Waals surface area contributed by atoms with E-state index in [0.717, 1.165) is 5.56 Å². The van der Waals surface area contributed by atoms with Gasteiger partial charge in [-0.25, -0.2) is 14.2 Å². The topological polar surface area (TPSA) is 86.0 Å². The van der Waals surface area contributed by atoms with Gasteiger partial charge in [-0.15, -0.1) is 11.3 Å². The van der Waals surface area contributed by atoms with Gasteiger partial charge in [-0.3, -0.25) is 18.7 Å². The Balaban J connectivity index is 1.74. The van der Waals surface area contributed by atoms with Crippen LogP contribution in [-0.2, 0) is 24.4 Å². The van der Waals surface area contributed by atoms with E-state index in [0.29, 0.717) is 26.9 Å². The lowest BCUT2D eigenvalue weighted by Gasteiger charge is -2.12. The summed E-state index contributed by atoms with van der Waals surface area (Å²) in [6.45, 7) is 2.12. The Morgan fingerprint density at radius 3 is 2.67 bits per heavy atom. The van der Waals surface area contributed by atoms with Gasteiger partial charge < -0.3 is 5.32 Å². The zero-order chi connectivity index (χ0) is 21.3. The molecular weight excluding hydrogens is 407 g/mol. The van der Waals surface area contributed by atoms with Crippen molar-refractivity contribution in [2.45, 2.75) is 33.0 Å². The highest BCUT2D eigenvalue weighted by Crippen LogP contribution is 2.29. The van der Waals surface area contributed by atoms with E-state index in [-0.39, 0.29) is 36.9 Å². The largest absolute Gasteiger partial charge is 0.350 e. The number of carbonyl (C=O) groups excluding carboxylic acids is 1. The molecule has 7 nitrogen and oxygen atoms in total. The second-order valence-electron chi connectivity index (χ2n) is 6.86. The van der Waals surface area contributed by atoms with Crippen molar-refractivity contribution in [1.82, 2.24) is 19.4 Å². The van der Waals surface area contributed by atoms with Crippen molar-refractivity contribution < 1.29 is 9.18 Å². The molecule has 1 amide bonds. The third kappa shape index (κ3) is 3.63. The summed E-state index contributed by atoms with van der Waals surface area (Å²) in [6.07, 6.45) is 2.24. The van der Waals surface area contributed by atoms with Crippen molar-refractivity contribution in [3.8, 4) is 0 Å². The first kappa shape index (κ1) is 20.0. The van der Waals surface area contributed by atoms with Gasteiger partial charge in [0.05, 0.1) is 5.52 Å². The van der Waals surface area contributed by atoms with E-state index in [4.69, 9.17) is 0 Å². The number of nitrogens with one attached hydrogen (secondary N) is 1. The third-order valence-electron chi connectivity index (χ3n) is 4.76. The number of fused-ring (bicyclic) bond motifs is 3. The summed E-state index contributed by atoms with van der Waals surface area (Å²) < 4.78 is 16.0. The molecular formula is C21H19FN4O3S. The van der Waals surface area contributed by atoms with E-state index < -0.39 is 5.69 Å². The van der Waals surface area contributed by atoms with Crippen LogP contribution in [0.15, 0.2) is 52.2 Å². The molecule has 0 aliphatic heterocycles. The maximum absolute atomic E-state index is 13.1. The first-order chi connectivity index (χ1) is 14.5. The van der Waals surface area contributed by atoms with Gasteiger partial charge in [-0.2, -0.15) is 0 Å². The van der Waals surface area contributed by atoms with Crippen molar-refractivity contribution >= 4 is 37.7 Å². The molecule has 30 heavy (non-hydrogen) atoms. The highest BCUT2D eigenvalue weighted by molar-refractivity contribution is 7.25. The Morgan fingerprint density at radius 1 is 1.17 bits per heavy atom. The van der Waals surface area contributed by atoms with E-state index >= 15 is 0 Å². The van der Waals surface area contributed by atoms with Crippen molar-refractivity contribution in [2.75, 3.05) is 0 Å². The lowest BCUT2D eigenvalue weighted by molar-refractivity contribution is -0.121. The molecule has 4 rings (SSSR count). The van der Waals surface area contributed by atoms with Gasteiger partial charge in [0.2, 0.25) is 5.91 Å². The van der Waals surface area contributed by atoms with E-state index in [1.165, 1.54) is 32.6 Å². The van der Waals surface area contributed by atoms with Crippen molar-refractivity contribution in [2.24, 2.45) is 0 Å². The molecule has 0 radical (unpaired) electrons. The average molecular weight is 426 g/mol. The van der Waals surface area contributed by atoms with Crippen LogP contribution in [0.2, 0.25) is 0 Å². The van der Waals surface area contributed by atoms with Gasteiger partial charge in [-0.1, -0.05) is 19.1 Å². The monoisotopic (exact) mass is 426 g/mol. The molecule has 3 heterocycles. The van der Waals surface area contributed by atoms with Crippen molar-refractivity contribution in [1.29, 1.82) is 0 Å². The molecule has 0 spiro atoms. The highest BCUT2D eigenvalue weighted by atomic mass is 32.1. The van der Waals surface area contributed by atoms with E-state index in [9.17, 15) is 18.8 Å². The van der Waals surface area contributed by atoms with Gasteiger partial charge in [-0.05, 0) is 36.2 Å². The molecule has 0 saturated heterocycles. The molecule has 1 N–H and O–H groups in total. The SMILES string of the molecule is CCCn1c(=O)c2sc3ncccc3c2n(CC(=O)NCc2ccc(F)cc2)c1=O. The molecule has 1 aromatic carbocycles. The van der Waals surface area contributed by atoms with Crippen LogP contribution >= 0.6 is 11.3 Å². The second kappa shape index (κ2) is 8.19. The molecule has 0 unspecified atom stereocenters. The lowest BCUT2D eigenvalue weighted by atomic mass is 10.2. The zero-order valence-electron chi connectivity index (χ0n) is 16.2. The molecule has 0 fully saturated rings. The van der Waals surface area contributed by atoms with E-state index in [2.05, 4.69) is 10.3 Å². The van der Waals surface area contributed by atoms with Crippen LogP contribution in [0.1, 0.15) is 18.9 Å². The van der Waals surface area contributed by atoms with Crippen molar-refractivity contribution in [3.63, 3.8) is 0 Å². The normalized spacial score (nSPS) is 11.3. The Hall–Kier alpha value is -3.33. The molecule has 0 saturated carbocycles. The summed E-state index contributed by atoms with van der Waals surface area (Å²) in [5.41, 5.74) is 0.295. The molecule has 3 aromatic heterocycles. The van der Waals surface area contributed by atoms with Crippen LogP contribution in [0.25, 0.3) is 20.4 Å². The van der Waals surface area contributed by atoms with Crippen LogP contribution in [-0.4, -0.2) is 20.0 Å². The van der Waals surface area contributed by atoms with Crippen LogP contribution in [0, 0.1) is 5.82 Å². The van der Waals surface area contributed by atoms with E-state index in [1.807, 2.05) is 6.92 Å². The Kier molecular flexibility index (Phi) is 5.45. The first-order valence-electron chi connectivity index (χ1n) is 9.51. The quantitative estimate of drug-likeness (QED) is 0.514. The standard InChI is InChI=1S/C21H19FN4O3S/c1-2-10-25-20(28)18-17(15-4-3-9-23-19(15)30-18)26(21(25)29)12-16(27)24-11-13-5-7-14(22)8-6-13/h3-9H,2,10-12H2,1H3,(H,24,27). The number of carbonyl (C=O) groups is 1. The fourth-order valence-corrected chi connectivity index (χ4v) is 4.45. The average Bonchev–Trinajstić information content (AvgIpc) is 3.13. The van der Waals surface area contributed by atoms with E-state index in [1.54, 1.807) is 30.5 Å². The molecule has 0 bridgehead atoms. The lowest BCUT2D eigenvalue weighted by Crippen LogP contribution is -2.42. The number of nitrogens with zero attached hydrogens (tertiary/aromatic N) is 3. The summed E-state index contributed by atoms with van der Waals surface area (Å²) in [5.74, 6) is -0.734. The summed E-state index contributed by atoms with van der Waals surface area (Å²) >= 11 is 1.22. The zero-order valence-corrected chi connectivity index (χ0v) is 17.0. The van der Waals surface area contributed by atoms with Crippen LogP contribution in [0.3, 0.4) is 0 Å². The summed E-state index contributed by atoms with van der Waals surface area (Å²) in [4.78, 5) is 43.5. The predicted octanol–water partition coefficient (Wildman–Crippen LogP) is 2.64. The summed E-state index contributed by atoms with van der Waals surface area (Å²) in [7, 11) is 0. The molecule has 4 aromatic rings. The minimum Gasteiger partial charge on any atom is -0.350 e. The number of rotatable bonds is 6. The summed E-state index contributed by atoms with van der Waals surface area (Å²) in [6, 6.07) is 9.33. The fraction of sp³-hybridized carbons (Fsp3) is 0.238. The van der Waals surface area contributed by atoms with Gasteiger partial charge in [0.25, 0.3) is 5.56 Å². The maximum atomic E-state index is 13.1. The first-order valence-corrected chi connectivity index (χ1v) is 10.3. The molecule has 0 aliphatic carbocycles. The van der Waals surface area contributed by atoms with Gasteiger partial charge >= 0.3 is 5.69 Å². The van der Waals surface area contributed by atoms with Gasteiger partial charge in [0.1, 0.15) is 21.9 Å². The fourth-order valence-electron chi connectivity index (χ4n) is 3.35. The number of aromatic nitrogens is 3. The third-order valence-corrected chi connectivity index (χ3v) is 5.85. The Bertz CT molecular complexity index is 1360. The minimum absolute atomic E-state index is 0.206. The van der Waals surface area contributed by atoms with Gasteiger partial charge in [0.15, 0.2) is 0 Å². The number of pyridine rings is 1. The number of benzene rings is 1. The smallest absolute Gasteiger partial charge is 0.332 e. The van der Waals surface area contributed by atoms with Crippen LogP contribution < -0.4 is 16.6 Å².